The molecule has 0 aliphatic carbocycles. The van der Waals surface area contributed by atoms with Crippen molar-refractivity contribution in [1.82, 2.24) is 9.55 Å². The maximum Gasteiger partial charge on any atom is 0.490 e. The number of nitrogens with two attached hydrogens (primary N) is 2. The number of aliphatic hydroxyl groups is 1. The van der Waals surface area contributed by atoms with Gasteiger partial charge in [0.2, 0.25) is 0 Å². The standard InChI is InChI=1S/C12H18FN4O13P3/c1-3-12(15)8(18)7(27-10(12)17-4-6(13)9(14)16-11(17)19)5(2)28-32(23,24)30-33(25,26)29-31(20,21)22/h1,4-5,7-8,10,18H,15H2,2H3,(H,23,24)(H,25,26)(H2,14,16,19)(H2,20,21,22)/t5-,7+,8-,10+,12?/m0/s1. The summed E-state index contributed by atoms with van der Waals surface area (Å²) in [7, 11) is -17.1. The van der Waals surface area contributed by atoms with E-state index in [-0.39, 0.29) is 0 Å². The Hall–Kier alpha value is -1.54. The van der Waals surface area contributed by atoms with Crippen molar-refractivity contribution in [3.05, 3.63) is 22.5 Å². The summed E-state index contributed by atoms with van der Waals surface area (Å²) in [6.45, 7) is 0.968. The number of phosphoric ester groups is 1. The maximum absolute atomic E-state index is 13.8. The van der Waals surface area contributed by atoms with Crippen molar-refractivity contribution in [1.29, 1.82) is 0 Å². The van der Waals surface area contributed by atoms with Crippen LogP contribution in [-0.4, -0.2) is 58.1 Å². The smallest absolute Gasteiger partial charge is 0.387 e. The molecule has 1 fully saturated rings. The monoisotopic (exact) mass is 538 g/mol. The van der Waals surface area contributed by atoms with E-state index in [1.54, 1.807) is 0 Å². The zero-order valence-corrected chi connectivity index (χ0v) is 18.9. The second kappa shape index (κ2) is 9.25. The third-order valence-electron chi connectivity index (χ3n) is 4.11. The van der Waals surface area contributed by atoms with Gasteiger partial charge in [0, 0.05) is 0 Å². The first-order valence-electron chi connectivity index (χ1n) is 8.28. The number of aromatic nitrogens is 2. The number of terminal acetylenes is 1. The molecule has 1 aliphatic rings. The van der Waals surface area contributed by atoms with Crippen LogP contribution in [0.4, 0.5) is 10.2 Å². The molecule has 7 atom stereocenters. The van der Waals surface area contributed by atoms with E-state index in [0.717, 1.165) is 6.92 Å². The molecule has 0 radical (unpaired) electrons. The molecule has 1 aliphatic heterocycles. The molecule has 186 valence electrons. The van der Waals surface area contributed by atoms with Gasteiger partial charge in [-0.3, -0.25) is 9.09 Å². The van der Waals surface area contributed by atoms with Gasteiger partial charge in [-0.15, -0.1) is 6.42 Å². The number of nitrogen functional groups attached to an aromatic ring is 1. The molecule has 0 amide bonds. The number of hydrogen-bond donors (Lipinski definition) is 7. The van der Waals surface area contributed by atoms with E-state index < -0.39 is 70.9 Å². The number of phosphoric acid groups is 3. The highest BCUT2D eigenvalue weighted by molar-refractivity contribution is 7.66. The molecule has 3 unspecified atom stereocenters. The molecule has 33 heavy (non-hydrogen) atoms. The van der Waals surface area contributed by atoms with Gasteiger partial charge in [-0.2, -0.15) is 13.6 Å². The van der Waals surface area contributed by atoms with Gasteiger partial charge in [0.15, 0.2) is 23.4 Å². The van der Waals surface area contributed by atoms with Crippen molar-refractivity contribution < 1.29 is 60.6 Å². The van der Waals surface area contributed by atoms with Crippen LogP contribution in [0.15, 0.2) is 11.0 Å². The van der Waals surface area contributed by atoms with Crippen LogP contribution >= 0.6 is 23.5 Å². The number of aliphatic hydroxyl groups excluding tert-OH is 1. The summed E-state index contributed by atoms with van der Waals surface area (Å²) in [4.78, 5) is 51.2. The Morgan fingerprint density at radius 2 is 1.88 bits per heavy atom. The van der Waals surface area contributed by atoms with Gasteiger partial charge in [0.05, 0.1) is 12.3 Å². The molecule has 2 rings (SSSR count). The molecule has 21 heteroatoms. The lowest BCUT2D eigenvalue weighted by atomic mass is 9.90. The Balaban J connectivity index is 2.31. The van der Waals surface area contributed by atoms with Crippen LogP contribution in [0, 0.1) is 18.2 Å². The number of anilines is 1. The molecule has 2 heterocycles. The third kappa shape index (κ3) is 6.32. The molecule has 0 saturated carbocycles. The summed E-state index contributed by atoms with van der Waals surface area (Å²) in [5.41, 5.74) is 7.69. The fraction of sp³-hybridized carbons (Fsp3) is 0.500. The molecule has 0 bridgehead atoms. The van der Waals surface area contributed by atoms with E-state index in [0.29, 0.717) is 10.8 Å². The Bertz CT molecular complexity index is 1170. The molecule has 9 N–H and O–H groups in total. The summed E-state index contributed by atoms with van der Waals surface area (Å²) in [5.74, 6) is 0.0401. The van der Waals surface area contributed by atoms with Crippen molar-refractivity contribution in [2.24, 2.45) is 5.73 Å². The number of nitrogens with zero attached hydrogens (tertiary/aromatic N) is 2. The van der Waals surface area contributed by atoms with Gasteiger partial charge < -0.3 is 40.9 Å². The Morgan fingerprint density at radius 3 is 2.39 bits per heavy atom. The lowest BCUT2D eigenvalue weighted by molar-refractivity contribution is -0.0756. The first-order valence-corrected chi connectivity index (χ1v) is 12.8. The summed E-state index contributed by atoms with van der Waals surface area (Å²) in [6, 6.07) is 0. The van der Waals surface area contributed by atoms with E-state index >= 15 is 0 Å². The predicted molar refractivity (Wildman–Crippen MR) is 103 cm³/mol. The highest BCUT2D eigenvalue weighted by Gasteiger charge is 2.57. The molecule has 17 nitrogen and oxygen atoms in total. The van der Waals surface area contributed by atoms with Gasteiger partial charge in [-0.05, 0) is 6.92 Å². The molecule has 1 saturated heterocycles. The molecule has 1 aromatic rings. The summed E-state index contributed by atoms with van der Waals surface area (Å²) in [5, 5.41) is 10.5. The van der Waals surface area contributed by atoms with Crippen molar-refractivity contribution >= 4 is 29.3 Å². The summed E-state index contributed by atoms with van der Waals surface area (Å²) in [6.07, 6.45) is -1.38. The van der Waals surface area contributed by atoms with Crippen LogP contribution in [0.3, 0.4) is 0 Å². The molecular weight excluding hydrogens is 520 g/mol. The van der Waals surface area contributed by atoms with E-state index in [1.807, 2.05) is 5.92 Å². The molecule has 0 spiro atoms. The number of ether oxygens (including phenoxy) is 1. The van der Waals surface area contributed by atoms with Crippen molar-refractivity contribution in [3.8, 4) is 12.3 Å². The largest absolute Gasteiger partial charge is 0.490 e. The Kier molecular flexibility index (Phi) is 7.77. The lowest BCUT2D eigenvalue weighted by Crippen LogP contribution is -2.55. The highest BCUT2D eigenvalue weighted by Crippen LogP contribution is 2.66. The highest BCUT2D eigenvalue weighted by atomic mass is 31.3. The fourth-order valence-corrected chi connectivity index (χ4v) is 5.97. The normalized spacial score (nSPS) is 30.2. The average Bonchev–Trinajstić information content (AvgIpc) is 2.87. The fourth-order valence-electron chi connectivity index (χ4n) is 2.77. The molecular formula is C12H18FN4O13P3. The second-order valence-corrected chi connectivity index (χ2v) is 10.9. The minimum absolute atomic E-state index is 0.465. The van der Waals surface area contributed by atoms with Crippen LogP contribution in [0.2, 0.25) is 0 Å². The van der Waals surface area contributed by atoms with Gasteiger partial charge in [-0.1, -0.05) is 5.92 Å². The third-order valence-corrected chi connectivity index (χ3v) is 8.04. The zero-order chi connectivity index (χ0) is 25.6. The minimum atomic E-state index is -5.82. The van der Waals surface area contributed by atoms with E-state index in [2.05, 4.69) is 18.1 Å². The van der Waals surface area contributed by atoms with Gasteiger partial charge in [0.25, 0.3) is 0 Å². The minimum Gasteiger partial charge on any atom is -0.387 e. The van der Waals surface area contributed by atoms with Crippen LogP contribution < -0.4 is 17.2 Å². The average molecular weight is 538 g/mol. The van der Waals surface area contributed by atoms with E-state index in [4.69, 9.17) is 32.4 Å². The van der Waals surface area contributed by atoms with Crippen LogP contribution in [0.25, 0.3) is 0 Å². The molecule has 0 aromatic carbocycles. The summed E-state index contributed by atoms with van der Waals surface area (Å²) < 4.78 is 65.5. The number of hydrogen-bond acceptors (Lipinski definition) is 12. The first-order chi connectivity index (χ1) is 14.8. The first kappa shape index (κ1) is 27.7. The van der Waals surface area contributed by atoms with Crippen LogP contribution in [-0.2, 0) is 31.6 Å². The quantitative estimate of drug-likeness (QED) is 0.143. The zero-order valence-electron chi connectivity index (χ0n) is 16.2. The predicted octanol–water partition coefficient (Wildman–Crippen LogP) is -1.71. The SMILES string of the molecule is C#CC1(N)[C@@H](O)[C@@H]([C@H](C)OP(=O)(O)OP(=O)(O)OP(=O)(O)O)O[C@H]1n1cc(F)c(N)nc1=O. The van der Waals surface area contributed by atoms with Crippen LogP contribution in [0.5, 0.6) is 0 Å². The van der Waals surface area contributed by atoms with Crippen molar-refractivity contribution in [2.45, 2.75) is 37.0 Å². The van der Waals surface area contributed by atoms with Gasteiger partial charge in [0.1, 0.15) is 12.2 Å². The number of halogens is 1. The second-order valence-electron chi connectivity index (χ2n) is 6.54. The lowest BCUT2D eigenvalue weighted by Gasteiger charge is -2.28. The Labute approximate surface area is 183 Å². The van der Waals surface area contributed by atoms with E-state index in [9.17, 15) is 37.8 Å². The number of rotatable bonds is 8. The maximum atomic E-state index is 13.8. The van der Waals surface area contributed by atoms with E-state index in [1.165, 1.54) is 0 Å². The summed E-state index contributed by atoms with van der Waals surface area (Å²) >= 11 is 0. The van der Waals surface area contributed by atoms with Gasteiger partial charge >= 0.3 is 29.2 Å². The Morgan fingerprint density at radius 1 is 1.30 bits per heavy atom. The topological polar surface area (TPSA) is 276 Å². The van der Waals surface area contributed by atoms with Crippen LogP contribution in [0.1, 0.15) is 13.2 Å². The van der Waals surface area contributed by atoms with Crippen molar-refractivity contribution in [3.63, 3.8) is 0 Å². The van der Waals surface area contributed by atoms with Crippen molar-refractivity contribution in [2.75, 3.05) is 5.73 Å². The van der Waals surface area contributed by atoms with Gasteiger partial charge in [-0.25, -0.2) is 22.9 Å². The molecule has 1 aromatic heterocycles.